The lowest BCUT2D eigenvalue weighted by Gasteiger charge is -2.36. The molecule has 2 aliphatic heterocycles. The van der Waals surface area contributed by atoms with Gasteiger partial charge in [-0.15, -0.1) is 0 Å². The summed E-state index contributed by atoms with van der Waals surface area (Å²) < 4.78 is 19.9. The van der Waals surface area contributed by atoms with Gasteiger partial charge >= 0.3 is 0 Å². The molecule has 1 nitrogen and oxygen atoms in total. The molecule has 2 heterocycles. The van der Waals surface area contributed by atoms with Crippen LogP contribution >= 0.6 is 0 Å². The summed E-state index contributed by atoms with van der Waals surface area (Å²) in [6.45, 7) is 6.79. The number of rotatable bonds is 1. The van der Waals surface area contributed by atoms with Gasteiger partial charge in [0.1, 0.15) is 17.1 Å². The van der Waals surface area contributed by atoms with Crippen molar-refractivity contribution in [2.45, 2.75) is 31.0 Å². The maximum atomic E-state index is 13.8. The summed E-state index contributed by atoms with van der Waals surface area (Å²) in [4.78, 5) is 0. The van der Waals surface area contributed by atoms with Crippen LogP contribution in [0.4, 0.5) is 4.39 Å². The van der Waals surface area contributed by atoms with E-state index in [1.165, 1.54) is 6.07 Å². The van der Waals surface area contributed by atoms with Crippen molar-refractivity contribution >= 4 is 8.07 Å². The second-order valence-corrected chi connectivity index (χ2v) is 10.8. The summed E-state index contributed by atoms with van der Waals surface area (Å²) in [6, 6.07) is 5.32. The van der Waals surface area contributed by atoms with E-state index >= 15 is 0 Å². The fourth-order valence-electron chi connectivity index (χ4n) is 2.79. The van der Waals surface area contributed by atoms with Gasteiger partial charge in [-0.1, -0.05) is 43.9 Å². The van der Waals surface area contributed by atoms with Crippen molar-refractivity contribution in [1.82, 2.24) is 0 Å². The summed E-state index contributed by atoms with van der Waals surface area (Å²) in [6.07, 6.45) is 3.98. The molecule has 0 amide bonds. The number of fused-ring (bicyclic) bond motifs is 5. The van der Waals surface area contributed by atoms with Gasteiger partial charge in [-0.25, -0.2) is 4.39 Å². The zero-order chi connectivity index (χ0) is 11.6. The second-order valence-electron chi connectivity index (χ2n) is 5.58. The van der Waals surface area contributed by atoms with Gasteiger partial charge in [-0.05, 0) is 11.6 Å². The molecular formula is C13H15FOSi. The van der Waals surface area contributed by atoms with Gasteiger partial charge in [0, 0.05) is 5.56 Å². The van der Waals surface area contributed by atoms with Gasteiger partial charge in [0.15, 0.2) is 0 Å². The first kappa shape index (κ1) is 10.2. The normalized spacial score (nSPS) is 30.9. The minimum atomic E-state index is -1.58. The average molecular weight is 234 g/mol. The van der Waals surface area contributed by atoms with Crippen LogP contribution in [-0.4, -0.2) is 8.07 Å². The van der Waals surface area contributed by atoms with Crippen molar-refractivity contribution in [3.63, 3.8) is 0 Å². The first-order valence-electron chi connectivity index (χ1n) is 5.62. The van der Waals surface area contributed by atoms with E-state index in [-0.39, 0.29) is 17.1 Å². The highest BCUT2D eigenvalue weighted by Crippen LogP contribution is 2.54. The van der Waals surface area contributed by atoms with E-state index in [1.54, 1.807) is 6.07 Å². The lowest BCUT2D eigenvalue weighted by atomic mass is 9.96. The number of hydrogen-bond donors (Lipinski definition) is 0. The molecule has 84 valence electrons. The highest BCUT2D eigenvalue weighted by atomic mass is 28.3. The Balaban J connectivity index is 2.28. The first-order chi connectivity index (χ1) is 7.46. The van der Waals surface area contributed by atoms with Crippen LogP contribution in [0.5, 0.6) is 0 Å². The quantitative estimate of drug-likeness (QED) is 0.533. The van der Waals surface area contributed by atoms with Crippen molar-refractivity contribution in [3.8, 4) is 0 Å². The van der Waals surface area contributed by atoms with E-state index in [4.69, 9.17) is 4.74 Å². The Labute approximate surface area is 95.9 Å². The Hall–Kier alpha value is -0.933. The van der Waals surface area contributed by atoms with E-state index in [0.717, 1.165) is 11.1 Å². The molecule has 0 spiro atoms. The molecule has 2 aliphatic rings. The Morgan fingerprint density at radius 2 is 2.06 bits per heavy atom. The molecule has 0 radical (unpaired) electrons. The molecule has 0 aliphatic carbocycles. The largest absolute Gasteiger partial charge is 0.358 e. The molecule has 0 saturated carbocycles. The van der Waals surface area contributed by atoms with Gasteiger partial charge in [0.2, 0.25) is 0 Å². The lowest BCUT2D eigenvalue weighted by Crippen LogP contribution is -2.47. The van der Waals surface area contributed by atoms with Crippen LogP contribution in [0, 0.1) is 5.82 Å². The van der Waals surface area contributed by atoms with Crippen LogP contribution in [0.25, 0.3) is 0 Å². The third kappa shape index (κ3) is 1.03. The molecule has 16 heavy (non-hydrogen) atoms. The van der Waals surface area contributed by atoms with Crippen molar-refractivity contribution in [3.05, 3.63) is 47.3 Å². The van der Waals surface area contributed by atoms with Crippen LogP contribution in [0.3, 0.4) is 0 Å². The fraction of sp³-hybridized carbons (Fsp3) is 0.385. The van der Waals surface area contributed by atoms with Gasteiger partial charge in [-0.3, -0.25) is 0 Å². The second kappa shape index (κ2) is 2.84. The summed E-state index contributed by atoms with van der Waals surface area (Å²) >= 11 is 0. The number of hydrogen-bond acceptors (Lipinski definition) is 1. The van der Waals surface area contributed by atoms with Gasteiger partial charge in [0.05, 0.1) is 8.07 Å². The third-order valence-corrected chi connectivity index (χ3v) is 6.45. The van der Waals surface area contributed by atoms with E-state index in [0.29, 0.717) is 0 Å². The molecule has 0 aromatic heterocycles. The standard InChI is InChI=1S/C13H15FOSi/c1-16(2,3)13-8-7-11(15-13)12-9(13)5-4-6-10(12)14/h4-8,11H,1-3H3. The molecule has 1 aromatic rings. The molecule has 2 atom stereocenters. The van der Waals surface area contributed by atoms with Crippen molar-refractivity contribution in [1.29, 1.82) is 0 Å². The highest BCUT2D eigenvalue weighted by Gasteiger charge is 2.55. The summed E-state index contributed by atoms with van der Waals surface area (Å²) in [5, 5.41) is -0.310. The number of ether oxygens (including phenoxy) is 1. The molecule has 0 saturated heterocycles. The Morgan fingerprint density at radius 3 is 2.75 bits per heavy atom. The zero-order valence-corrected chi connectivity index (χ0v) is 10.8. The smallest absolute Gasteiger partial charge is 0.129 e. The Bertz CT molecular complexity index is 489. The van der Waals surface area contributed by atoms with Crippen molar-refractivity contribution < 1.29 is 9.13 Å². The van der Waals surface area contributed by atoms with Crippen molar-refractivity contribution in [2.75, 3.05) is 0 Å². The molecule has 2 bridgehead atoms. The van der Waals surface area contributed by atoms with Crippen LogP contribution in [0.15, 0.2) is 30.4 Å². The number of halogens is 1. The summed E-state index contributed by atoms with van der Waals surface area (Å²) in [5.74, 6) is -0.132. The van der Waals surface area contributed by atoms with E-state index in [9.17, 15) is 4.39 Å². The van der Waals surface area contributed by atoms with Gasteiger partial charge in [0.25, 0.3) is 0 Å². The lowest BCUT2D eigenvalue weighted by molar-refractivity contribution is 0.0478. The van der Waals surface area contributed by atoms with E-state index in [2.05, 4.69) is 25.7 Å². The highest BCUT2D eigenvalue weighted by molar-refractivity contribution is 6.79. The minimum Gasteiger partial charge on any atom is -0.358 e. The summed E-state index contributed by atoms with van der Waals surface area (Å²) in [5.41, 5.74) is 1.81. The van der Waals surface area contributed by atoms with Gasteiger partial charge in [-0.2, -0.15) is 0 Å². The van der Waals surface area contributed by atoms with Crippen LogP contribution in [0.2, 0.25) is 19.6 Å². The van der Waals surface area contributed by atoms with Crippen LogP contribution in [-0.2, 0) is 9.96 Å². The monoisotopic (exact) mass is 234 g/mol. The van der Waals surface area contributed by atoms with Crippen molar-refractivity contribution in [2.24, 2.45) is 0 Å². The zero-order valence-electron chi connectivity index (χ0n) is 9.75. The fourth-order valence-corrected chi connectivity index (χ4v) is 4.89. The molecule has 2 unspecified atom stereocenters. The molecule has 0 fully saturated rings. The molecular weight excluding hydrogens is 219 g/mol. The van der Waals surface area contributed by atoms with Gasteiger partial charge < -0.3 is 4.74 Å². The predicted octanol–water partition coefficient (Wildman–Crippen LogP) is 3.54. The third-order valence-electron chi connectivity index (χ3n) is 3.67. The maximum absolute atomic E-state index is 13.8. The molecule has 3 heteroatoms. The topological polar surface area (TPSA) is 9.23 Å². The minimum absolute atomic E-state index is 0.132. The SMILES string of the molecule is C[Si](C)(C)C12C=CC(O1)c1c(F)cccc12. The maximum Gasteiger partial charge on any atom is 0.129 e. The Morgan fingerprint density at radius 1 is 1.31 bits per heavy atom. The summed E-state index contributed by atoms with van der Waals surface area (Å²) in [7, 11) is -1.58. The predicted molar refractivity (Wildman–Crippen MR) is 64.4 cm³/mol. The van der Waals surface area contributed by atoms with E-state index in [1.807, 2.05) is 12.1 Å². The molecule has 1 aromatic carbocycles. The number of benzene rings is 1. The molecule has 0 N–H and O–H groups in total. The molecule has 3 rings (SSSR count). The van der Waals surface area contributed by atoms with Crippen LogP contribution in [0.1, 0.15) is 17.2 Å². The Kier molecular flexibility index (Phi) is 1.82. The average Bonchev–Trinajstić information content (AvgIpc) is 2.74. The van der Waals surface area contributed by atoms with Crippen LogP contribution < -0.4 is 0 Å². The van der Waals surface area contributed by atoms with E-state index < -0.39 is 8.07 Å². The first-order valence-corrected chi connectivity index (χ1v) is 9.12.